The number of ketones is 1. The van der Waals surface area contributed by atoms with Crippen LogP contribution in [-0.2, 0) is 4.79 Å². The molecule has 0 aromatic carbocycles. The standard InChI is InChI=1S/C8H12O/c1-7-5-3-2-4-6-8(7)9/h4,6-7H,2-3,5H2,1H3/t7-/m1/s1. The van der Waals surface area contributed by atoms with Crippen LogP contribution in [0.25, 0.3) is 0 Å². The van der Waals surface area contributed by atoms with Crippen LogP contribution in [0.3, 0.4) is 0 Å². The van der Waals surface area contributed by atoms with E-state index in [1.165, 1.54) is 6.42 Å². The van der Waals surface area contributed by atoms with Crippen LogP contribution in [-0.4, -0.2) is 5.78 Å². The maximum atomic E-state index is 10.9. The summed E-state index contributed by atoms with van der Waals surface area (Å²) < 4.78 is 0. The number of rotatable bonds is 0. The molecule has 1 nitrogen and oxygen atoms in total. The van der Waals surface area contributed by atoms with Gasteiger partial charge in [0.25, 0.3) is 0 Å². The smallest absolute Gasteiger partial charge is 0.158 e. The minimum atomic E-state index is 0.267. The van der Waals surface area contributed by atoms with Gasteiger partial charge >= 0.3 is 0 Å². The molecule has 0 spiro atoms. The van der Waals surface area contributed by atoms with Crippen LogP contribution in [0.15, 0.2) is 12.2 Å². The zero-order chi connectivity index (χ0) is 6.69. The van der Waals surface area contributed by atoms with Gasteiger partial charge in [-0.1, -0.05) is 13.0 Å². The number of carbonyl (C=O) groups excluding carboxylic acids is 1. The van der Waals surface area contributed by atoms with Crippen molar-refractivity contribution < 1.29 is 4.79 Å². The van der Waals surface area contributed by atoms with Gasteiger partial charge in [0.2, 0.25) is 0 Å². The molecular weight excluding hydrogens is 112 g/mol. The number of hydrogen-bond donors (Lipinski definition) is 0. The van der Waals surface area contributed by atoms with Crippen LogP contribution < -0.4 is 0 Å². The van der Waals surface area contributed by atoms with E-state index in [0.717, 1.165) is 12.8 Å². The van der Waals surface area contributed by atoms with Gasteiger partial charge in [0.1, 0.15) is 0 Å². The zero-order valence-electron chi connectivity index (χ0n) is 5.76. The van der Waals surface area contributed by atoms with Gasteiger partial charge in [-0.25, -0.2) is 0 Å². The molecule has 1 heteroatoms. The molecule has 0 amide bonds. The Morgan fingerprint density at radius 3 is 3.22 bits per heavy atom. The summed E-state index contributed by atoms with van der Waals surface area (Å²) in [5.74, 6) is 0.566. The van der Waals surface area contributed by atoms with E-state index in [-0.39, 0.29) is 5.92 Å². The average molecular weight is 124 g/mol. The summed E-state index contributed by atoms with van der Waals surface area (Å²) in [5.41, 5.74) is 0. The summed E-state index contributed by atoms with van der Waals surface area (Å²) >= 11 is 0. The Kier molecular flexibility index (Phi) is 2.04. The molecule has 0 N–H and O–H groups in total. The van der Waals surface area contributed by atoms with Crippen molar-refractivity contribution >= 4 is 5.78 Å². The van der Waals surface area contributed by atoms with E-state index in [4.69, 9.17) is 0 Å². The maximum Gasteiger partial charge on any atom is 0.158 e. The molecule has 0 saturated heterocycles. The topological polar surface area (TPSA) is 17.1 Å². The van der Waals surface area contributed by atoms with Crippen LogP contribution in [0.1, 0.15) is 26.2 Å². The first-order valence-corrected chi connectivity index (χ1v) is 3.51. The highest BCUT2D eigenvalue weighted by atomic mass is 16.1. The Morgan fingerprint density at radius 2 is 2.44 bits per heavy atom. The molecule has 0 aromatic heterocycles. The Balaban J connectivity index is 2.57. The number of hydrogen-bond acceptors (Lipinski definition) is 1. The molecule has 1 aliphatic carbocycles. The van der Waals surface area contributed by atoms with Crippen molar-refractivity contribution in [3.8, 4) is 0 Å². The molecule has 1 atom stereocenters. The summed E-state index contributed by atoms with van der Waals surface area (Å²) in [6.45, 7) is 2.00. The van der Waals surface area contributed by atoms with Crippen molar-refractivity contribution in [2.45, 2.75) is 26.2 Å². The third kappa shape index (κ3) is 1.67. The van der Waals surface area contributed by atoms with Crippen molar-refractivity contribution in [1.29, 1.82) is 0 Å². The van der Waals surface area contributed by atoms with E-state index in [9.17, 15) is 4.79 Å². The van der Waals surface area contributed by atoms with Gasteiger partial charge in [0.05, 0.1) is 0 Å². The second-order valence-corrected chi connectivity index (χ2v) is 2.64. The van der Waals surface area contributed by atoms with Crippen LogP contribution in [0.5, 0.6) is 0 Å². The molecular formula is C8H12O. The largest absolute Gasteiger partial charge is 0.295 e. The molecule has 0 heterocycles. The fraction of sp³-hybridized carbons (Fsp3) is 0.625. The van der Waals surface area contributed by atoms with Crippen molar-refractivity contribution in [1.82, 2.24) is 0 Å². The van der Waals surface area contributed by atoms with Gasteiger partial charge in [-0.05, 0) is 25.3 Å². The van der Waals surface area contributed by atoms with E-state index < -0.39 is 0 Å². The SMILES string of the molecule is C[C@@H]1CCCC=CC1=O. The lowest BCUT2D eigenvalue weighted by molar-refractivity contribution is -0.117. The molecule has 0 saturated carbocycles. The van der Waals surface area contributed by atoms with Gasteiger partial charge in [-0.2, -0.15) is 0 Å². The van der Waals surface area contributed by atoms with Crippen molar-refractivity contribution in [2.24, 2.45) is 5.92 Å². The van der Waals surface area contributed by atoms with Crippen molar-refractivity contribution in [3.63, 3.8) is 0 Å². The summed E-state index contributed by atoms with van der Waals surface area (Å²) in [7, 11) is 0. The predicted molar refractivity (Wildman–Crippen MR) is 37.2 cm³/mol. The monoisotopic (exact) mass is 124 g/mol. The molecule has 0 radical (unpaired) electrons. The highest BCUT2D eigenvalue weighted by molar-refractivity contribution is 5.91. The third-order valence-electron chi connectivity index (χ3n) is 1.78. The van der Waals surface area contributed by atoms with Crippen LogP contribution in [0, 0.1) is 5.92 Å². The lowest BCUT2D eigenvalue weighted by Gasteiger charge is -2.01. The second kappa shape index (κ2) is 2.81. The minimum absolute atomic E-state index is 0.267. The van der Waals surface area contributed by atoms with E-state index in [1.807, 2.05) is 13.0 Å². The van der Waals surface area contributed by atoms with Gasteiger partial charge < -0.3 is 0 Å². The average Bonchev–Trinajstić information content (AvgIpc) is 1.99. The molecule has 1 aliphatic rings. The van der Waals surface area contributed by atoms with E-state index in [2.05, 4.69) is 0 Å². The van der Waals surface area contributed by atoms with Gasteiger partial charge in [-0.15, -0.1) is 0 Å². The maximum absolute atomic E-state index is 10.9. The normalized spacial score (nSPS) is 28.1. The Bertz CT molecular complexity index is 136. The molecule has 50 valence electrons. The van der Waals surface area contributed by atoms with E-state index in [1.54, 1.807) is 6.08 Å². The van der Waals surface area contributed by atoms with E-state index >= 15 is 0 Å². The van der Waals surface area contributed by atoms with Crippen LogP contribution >= 0.6 is 0 Å². The summed E-state index contributed by atoms with van der Waals surface area (Å²) in [4.78, 5) is 10.9. The lowest BCUT2D eigenvalue weighted by Crippen LogP contribution is -2.04. The second-order valence-electron chi connectivity index (χ2n) is 2.64. The number of carbonyl (C=O) groups is 1. The van der Waals surface area contributed by atoms with Gasteiger partial charge in [-0.3, -0.25) is 4.79 Å². The summed E-state index contributed by atoms with van der Waals surface area (Å²) in [6.07, 6.45) is 7.01. The predicted octanol–water partition coefficient (Wildman–Crippen LogP) is 1.93. The number of allylic oxidation sites excluding steroid dienone is 2. The minimum Gasteiger partial charge on any atom is -0.295 e. The highest BCUT2D eigenvalue weighted by Gasteiger charge is 2.10. The molecule has 0 unspecified atom stereocenters. The van der Waals surface area contributed by atoms with Crippen LogP contribution in [0.4, 0.5) is 0 Å². The molecule has 0 aliphatic heterocycles. The fourth-order valence-corrected chi connectivity index (χ4v) is 1.05. The third-order valence-corrected chi connectivity index (χ3v) is 1.78. The Labute approximate surface area is 55.8 Å². The summed E-state index contributed by atoms with van der Waals surface area (Å²) in [5, 5.41) is 0. The van der Waals surface area contributed by atoms with Gasteiger partial charge in [0.15, 0.2) is 5.78 Å². The fourth-order valence-electron chi connectivity index (χ4n) is 1.05. The zero-order valence-corrected chi connectivity index (χ0v) is 5.76. The van der Waals surface area contributed by atoms with Crippen LogP contribution in [0.2, 0.25) is 0 Å². The molecule has 0 aromatic rings. The Morgan fingerprint density at radius 1 is 1.67 bits per heavy atom. The van der Waals surface area contributed by atoms with Crippen molar-refractivity contribution in [3.05, 3.63) is 12.2 Å². The first-order valence-electron chi connectivity index (χ1n) is 3.51. The van der Waals surface area contributed by atoms with Gasteiger partial charge in [0, 0.05) is 5.92 Å². The highest BCUT2D eigenvalue weighted by Crippen LogP contribution is 2.13. The molecule has 0 bridgehead atoms. The molecule has 0 fully saturated rings. The molecule has 1 rings (SSSR count). The first kappa shape index (κ1) is 6.53. The van der Waals surface area contributed by atoms with Crippen molar-refractivity contribution in [2.75, 3.05) is 0 Å². The summed E-state index contributed by atoms with van der Waals surface area (Å²) in [6, 6.07) is 0. The quantitative estimate of drug-likeness (QED) is 0.482. The van der Waals surface area contributed by atoms with E-state index in [0.29, 0.717) is 5.78 Å². The lowest BCUT2D eigenvalue weighted by atomic mass is 10.0. The Hall–Kier alpha value is -0.590. The molecule has 9 heavy (non-hydrogen) atoms. The first-order chi connectivity index (χ1) is 4.30.